The second kappa shape index (κ2) is 11.8. The van der Waals surface area contributed by atoms with Gasteiger partial charge in [-0.15, -0.1) is 0 Å². The molecule has 1 atom stereocenters. The highest BCUT2D eigenvalue weighted by Gasteiger charge is 2.20. The Morgan fingerprint density at radius 1 is 1.05 bits per heavy atom. The third-order valence-electron chi connectivity index (χ3n) is 6.14. The summed E-state index contributed by atoms with van der Waals surface area (Å²) in [6.45, 7) is 3.79. The first-order valence-corrected chi connectivity index (χ1v) is 13.0. The lowest BCUT2D eigenvalue weighted by molar-refractivity contribution is -0.117. The van der Waals surface area contributed by atoms with Crippen molar-refractivity contribution < 1.29 is 14.0 Å². The SMILES string of the molecule is CNC(C)C(=O)Nc1c(I)cc(-c2cccc(C)c2)n(Cc2cncc(C(=O)c3ccc(F)cc3)c2)c1=O. The molecule has 2 heterocycles. The van der Waals surface area contributed by atoms with Gasteiger partial charge in [-0.2, -0.15) is 0 Å². The van der Waals surface area contributed by atoms with Crippen LogP contribution in [0.3, 0.4) is 0 Å². The molecule has 0 bridgehead atoms. The fourth-order valence-electron chi connectivity index (χ4n) is 3.94. The number of carbonyl (C=O) groups excluding carboxylic acids is 2. The molecule has 2 aromatic carbocycles. The van der Waals surface area contributed by atoms with E-state index in [4.69, 9.17) is 0 Å². The average molecular weight is 624 g/mol. The van der Waals surface area contributed by atoms with E-state index >= 15 is 0 Å². The van der Waals surface area contributed by atoms with E-state index in [2.05, 4.69) is 38.2 Å². The van der Waals surface area contributed by atoms with E-state index in [-0.39, 0.29) is 29.5 Å². The molecule has 2 N–H and O–H groups in total. The summed E-state index contributed by atoms with van der Waals surface area (Å²) in [5.41, 5.74) is 3.62. The lowest BCUT2D eigenvalue weighted by Gasteiger charge is -2.18. The Kier molecular flexibility index (Phi) is 8.48. The number of aryl methyl sites for hydroxylation is 1. The number of nitrogens with zero attached hydrogens (tertiary/aromatic N) is 2. The molecule has 9 heteroatoms. The number of benzene rings is 2. The largest absolute Gasteiger partial charge is 0.319 e. The molecule has 1 amide bonds. The molecule has 4 aromatic rings. The van der Waals surface area contributed by atoms with E-state index in [0.717, 1.165) is 11.1 Å². The van der Waals surface area contributed by atoms with Crippen LogP contribution >= 0.6 is 22.6 Å². The van der Waals surface area contributed by atoms with Gasteiger partial charge in [0, 0.05) is 27.1 Å². The van der Waals surface area contributed by atoms with Crippen molar-refractivity contribution in [2.24, 2.45) is 0 Å². The Balaban J connectivity index is 1.79. The zero-order valence-electron chi connectivity index (χ0n) is 21.1. The number of amides is 1. The first kappa shape index (κ1) is 27.3. The van der Waals surface area contributed by atoms with Crippen LogP contribution in [0.2, 0.25) is 0 Å². The highest BCUT2D eigenvalue weighted by atomic mass is 127. The molecular formula is C29H26FIN4O3. The van der Waals surface area contributed by atoms with Crippen LogP contribution in [-0.4, -0.2) is 34.3 Å². The Morgan fingerprint density at radius 2 is 1.79 bits per heavy atom. The molecule has 0 spiro atoms. The molecule has 0 aliphatic heterocycles. The maximum atomic E-state index is 13.8. The number of anilines is 1. The minimum atomic E-state index is -0.492. The molecule has 194 valence electrons. The van der Waals surface area contributed by atoms with E-state index in [1.165, 1.54) is 30.5 Å². The first-order chi connectivity index (χ1) is 18.2. The first-order valence-electron chi connectivity index (χ1n) is 11.9. The lowest BCUT2D eigenvalue weighted by atomic mass is 10.0. The molecule has 0 radical (unpaired) electrons. The molecule has 0 fully saturated rings. The fraction of sp³-hybridized carbons (Fsp3) is 0.172. The van der Waals surface area contributed by atoms with E-state index in [9.17, 15) is 18.8 Å². The number of ketones is 1. The van der Waals surface area contributed by atoms with Crippen molar-refractivity contribution in [3.8, 4) is 11.3 Å². The second-order valence-electron chi connectivity index (χ2n) is 8.93. The quantitative estimate of drug-likeness (QED) is 0.218. The number of likely N-dealkylation sites (N-methyl/N-ethyl adjacent to an activating group) is 1. The van der Waals surface area contributed by atoms with Crippen LogP contribution in [0.1, 0.15) is 34.0 Å². The highest BCUT2D eigenvalue weighted by molar-refractivity contribution is 14.1. The summed E-state index contributed by atoms with van der Waals surface area (Å²) in [6.07, 6.45) is 3.03. The van der Waals surface area contributed by atoms with Crippen molar-refractivity contribution in [2.45, 2.75) is 26.4 Å². The normalized spacial score (nSPS) is 11.7. The van der Waals surface area contributed by atoms with Gasteiger partial charge in [0.25, 0.3) is 5.56 Å². The number of pyridine rings is 2. The topological polar surface area (TPSA) is 93.1 Å². The van der Waals surface area contributed by atoms with Gasteiger partial charge < -0.3 is 15.2 Å². The van der Waals surface area contributed by atoms with Crippen molar-refractivity contribution in [3.05, 3.63) is 115 Å². The number of carbonyl (C=O) groups is 2. The van der Waals surface area contributed by atoms with Crippen LogP contribution in [0.5, 0.6) is 0 Å². The van der Waals surface area contributed by atoms with Gasteiger partial charge in [0.15, 0.2) is 5.78 Å². The maximum Gasteiger partial charge on any atom is 0.276 e. The molecule has 4 rings (SSSR count). The minimum Gasteiger partial charge on any atom is -0.319 e. The van der Waals surface area contributed by atoms with Gasteiger partial charge in [0.1, 0.15) is 11.5 Å². The third kappa shape index (κ3) is 6.05. The zero-order chi connectivity index (χ0) is 27.4. The minimum absolute atomic E-state index is 0.112. The average Bonchev–Trinajstić information content (AvgIpc) is 2.92. The standard InChI is InChI=1S/C29H26FIN4O3/c1-17-5-4-6-21(11-17)25-13-24(31)26(34-28(37)18(2)32-3)29(38)35(25)16-19-12-22(15-33-14-19)27(36)20-7-9-23(30)10-8-20/h4-15,18,32H,16H2,1-3H3,(H,34,37). The van der Waals surface area contributed by atoms with E-state index < -0.39 is 11.9 Å². The van der Waals surface area contributed by atoms with E-state index in [0.29, 0.717) is 26.0 Å². The van der Waals surface area contributed by atoms with Crippen LogP contribution in [-0.2, 0) is 11.3 Å². The van der Waals surface area contributed by atoms with E-state index in [1.807, 2.05) is 37.3 Å². The third-order valence-corrected chi connectivity index (χ3v) is 7.00. The van der Waals surface area contributed by atoms with Gasteiger partial charge in [-0.1, -0.05) is 23.8 Å². The molecule has 2 aromatic heterocycles. The summed E-state index contributed by atoms with van der Waals surface area (Å²) in [5.74, 6) is -1.06. The van der Waals surface area contributed by atoms with Crippen molar-refractivity contribution in [2.75, 3.05) is 12.4 Å². The maximum absolute atomic E-state index is 13.8. The molecule has 0 saturated carbocycles. The second-order valence-corrected chi connectivity index (χ2v) is 10.1. The Morgan fingerprint density at radius 3 is 2.47 bits per heavy atom. The summed E-state index contributed by atoms with van der Waals surface area (Å²) in [6, 6.07) is 16.1. The zero-order valence-corrected chi connectivity index (χ0v) is 23.2. The van der Waals surface area contributed by atoms with Crippen LogP contribution in [0, 0.1) is 16.3 Å². The van der Waals surface area contributed by atoms with Gasteiger partial charge in [0.05, 0.1) is 18.3 Å². The van der Waals surface area contributed by atoms with Gasteiger partial charge in [-0.05, 0) is 97.1 Å². The Hall–Kier alpha value is -3.70. The van der Waals surface area contributed by atoms with Gasteiger partial charge in [0.2, 0.25) is 5.91 Å². The number of rotatable bonds is 8. The van der Waals surface area contributed by atoms with Gasteiger partial charge in [-0.25, -0.2) is 4.39 Å². The summed E-state index contributed by atoms with van der Waals surface area (Å²) >= 11 is 2.05. The number of nitrogens with one attached hydrogen (secondary N) is 2. The highest BCUT2D eigenvalue weighted by Crippen LogP contribution is 2.26. The smallest absolute Gasteiger partial charge is 0.276 e. The van der Waals surface area contributed by atoms with Crippen LogP contribution in [0.15, 0.2) is 77.9 Å². The molecular weight excluding hydrogens is 598 g/mol. The number of aromatic nitrogens is 2. The predicted molar refractivity (Wildman–Crippen MR) is 154 cm³/mol. The number of halogens is 2. The number of hydrogen-bond acceptors (Lipinski definition) is 5. The van der Waals surface area contributed by atoms with Crippen molar-refractivity contribution in [1.82, 2.24) is 14.9 Å². The molecule has 1 unspecified atom stereocenters. The molecule has 0 saturated heterocycles. The lowest BCUT2D eigenvalue weighted by Crippen LogP contribution is -2.38. The summed E-state index contributed by atoms with van der Waals surface area (Å²) in [4.78, 5) is 43.6. The van der Waals surface area contributed by atoms with Crippen molar-refractivity contribution >= 4 is 40.0 Å². The summed E-state index contributed by atoms with van der Waals surface area (Å²) < 4.78 is 15.5. The van der Waals surface area contributed by atoms with Gasteiger partial charge >= 0.3 is 0 Å². The molecule has 7 nitrogen and oxygen atoms in total. The summed E-state index contributed by atoms with van der Waals surface area (Å²) in [7, 11) is 1.67. The van der Waals surface area contributed by atoms with Crippen LogP contribution in [0.4, 0.5) is 10.1 Å². The van der Waals surface area contributed by atoms with E-state index in [1.54, 1.807) is 30.8 Å². The molecule has 38 heavy (non-hydrogen) atoms. The summed E-state index contributed by atoms with van der Waals surface area (Å²) in [5, 5.41) is 5.63. The number of hydrogen-bond donors (Lipinski definition) is 2. The fourth-order valence-corrected chi connectivity index (χ4v) is 4.60. The predicted octanol–water partition coefficient (Wildman–Crippen LogP) is 4.79. The molecule has 0 aliphatic rings. The van der Waals surface area contributed by atoms with Crippen LogP contribution in [0.25, 0.3) is 11.3 Å². The Labute approximate surface area is 233 Å². The Bertz CT molecular complexity index is 1570. The molecule has 0 aliphatic carbocycles. The van der Waals surface area contributed by atoms with Gasteiger partial charge in [-0.3, -0.25) is 19.4 Å². The monoisotopic (exact) mass is 624 g/mol. The van der Waals surface area contributed by atoms with Crippen LogP contribution < -0.4 is 16.2 Å². The van der Waals surface area contributed by atoms with Crippen molar-refractivity contribution in [1.29, 1.82) is 0 Å². The van der Waals surface area contributed by atoms with Crippen molar-refractivity contribution in [3.63, 3.8) is 0 Å².